The first-order valence-electron chi connectivity index (χ1n) is 7.19. The van der Waals surface area contributed by atoms with Crippen LogP contribution in [0.25, 0.3) is 0 Å². The summed E-state index contributed by atoms with van der Waals surface area (Å²) in [5.74, 6) is -0.933. The summed E-state index contributed by atoms with van der Waals surface area (Å²) in [5.41, 5.74) is -1.02. The zero-order valence-electron chi connectivity index (χ0n) is 11.6. The standard InChI is InChI=1S/C14H23NO4/c1-14(13(17)18)8-2-3-9-15(14)12(16)7-6-11-5-4-10-19-11/h11H,2-10H2,1H3,(H,17,18). The number of hydrogen-bond donors (Lipinski definition) is 1. The highest BCUT2D eigenvalue weighted by molar-refractivity contribution is 5.87. The maximum atomic E-state index is 12.3. The molecule has 0 aromatic carbocycles. The minimum atomic E-state index is -1.02. The molecule has 0 saturated carbocycles. The van der Waals surface area contributed by atoms with E-state index in [4.69, 9.17) is 4.74 Å². The van der Waals surface area contributed by atoms with Crippen LogP contribution >= 0.6 is 0 Å². The number of carbonyl (C=O) groups is 2. The topological polar surface area (TPSA) is 66.8 Å². The van der Waals surface area contributed by atoms with E-state index in [1.54, 1.807) is 11.8 Å². The highest BCUT2D eigenvalue weighted by Crippen LogP contribution is 2.29. The molecule has 1 amide bonds. The van der Waals surface area contributed by atoms with Gasteiger partial charge in [-0.1, -0.05) is 0 Å². The molecule has 19 heavy (non-hydrogen) atoms. The summed E-state index contributed by atoms with van der Waals surface area (Å²) in [6, 6.07) is 0. The molecule has 0 aromatic heterocycles. The van der Waals surface area contributed by atoms with Gasteiger partial charge in [-0.25, -0.2) is 4.79 Å². The highest BCUT2D eigenvalue weighted by Gasteiger charge is 2.43. The summed E-state index contributed by atoms with van der Waals surface area (Å²) in [7, 11) is 0. The van der Waals surface area contributed by atoms with Gasteiger partial charge in [-0.2, -0.15) is 0 Å². The molecule has 2 fully saturated rings. The fourth-order valence-corrected chi connectivity index (χ4v) is 3.03. The van der Waals surface area contributed by atoms with Gasteiger partial charge in [-0.05, 0) is 45.4 Å². The normalized spacial score (nSPS) is 31.4. The first kappa shape index (κ1) is 14.3. The van der Waals surface area contributed by atoms with Crippen molar-refractivity contribution in [3.63, 3.8) is 0 Å². The molecule has 1 N–H and O–H groups in total. The Balaban J connectivity index is 1.93. The number of nitrogens with zero attached hydrogens (tertiary/aromatic N) is 1. The van der Waals surface area contributed by atoms with Crippen molar-refractivity contribution < 1.29 is 19.4 Å². The maximum absolute atomic E-state index is 12.3. The molecular formula is C14H23NO4. The van der Waals surface area contributed by atoms with Crippen molar-refractivity contribution >= 4 is 11.9 Å². The molecule has 0 aliphatic carbocycles. The summed E-state index contributed by atoms with van der Waals surface area (Å²) in [4.78, 5) is 25.3. The zero-order chi connectivity index (χ0) is 13.9. The molecule has 2 atom stereocenters. The number of carboxylic acid groups (broad SMARTS) is 1. The van der Waals surface area contributed by atoms with Crippen LogP contribution in [0.4, 0.5) is 0 Å². The van der Waals surface area contributed by atoms with E-state index in [-0.39, 0.29) is 12.0 Å². The van der Waals surface area contributed by atoms with Gasteiger partial charge in [0.15, 0.2) is 0 Å². The Morgan fingerprint density at radius 1 is 1.37 bits per heavy atom. The van der Waals surface area contributed by atoms with E-state index in [1.807, 2.05) is 0 Å². The van der Waals surface area contributed by atoms with Crippen LogP contribution < -0.4 is 0 Å². The maximum Gasteiger partial charge on any atom is 0.329 e. The van der Waals surface area contributed by atoms with Gasteiger partial charge in [0.1, 0.15) is 5.54 Å². The second-order valence-electron chi connectivity index (χ2n) is 5.76. The van der Waals surface area contributed by atoms with E-state index in [1.165, 1.54) is 0 Å². The minimum Gasteiger partial charge on any atom is -0.480 e. The third kappa shape index (κ3) is 3.08. The van der Waals surface area contributed by atoms with Crippen LogP contribution in [0.2, 0.25) is 0 Å². The molecule has 2 unspecified atom stereocenters. The second kappa shape index (κ2) is 5.90. The predicted molar refractivity (Wildman–Crippen MR) is 69.8 cm³/mol. The van der Waals surface area contributed by atoms with Gasteiger partial charge in [-0.3, -0.25) is 4.79 Å². The molecule has 0 radical (unpaired) electrons. The number of hydrogen-bond acceptors (Lipinski definition) is 3. The number of ether oxygens (including phenoxy) is 1. The number of aliphatic carboxylic acids is 1. The number of likely N-dealkylation sites (tertiary alicyclic amines) is 1. The van der Waals surface area contributed by atoms with Crippen LogP contribution in [-0.2, 0) is 14.3 Å². The number of rotatable bonds is 4. The Labute approximate surface area is 113 Å². The van der Waals surface area contributed by atoms with E-state index in [2.05, 4.69) is 0 Å². The largest absolute Gasteiger partial charge is 0.480 e. The van der Waals surface area contributed by atoms with Crippen LogP contribution in [0, 0.1) is 0 Å². The van der Waals surface area contributed by atoms with Crippen molar-refractivity contribution in [3.05, 3.63) is 0 Å². The Morgan fingerprint density at radius 2 is 2.16 bits per heavy atom. The van der Waals surface area contributed by atoms with E-state index in [0.717, 1.165) is 32.3 Å². The number of carbonyl (C=O) groups excluding carboxylic acids is 1. The first-order valence-corrected chi connectivity index (χ1v) is 7.19. The van der Waals surface area contributed by atoms with Crippen molar-refractivity contribution in [1.82, 2.24) is 4.90 Å². The van der Waals surface area contributed by atoms with Crippen molar-refractivity contribution in [2.45, 2.75) is 63.5 Å². The lowest BCUT2D eigenvalue weighted by molar-refractivity contribution is -0.161. The van der Waals surface area contributed by atoms with Gasteiger partial charge in [0.25, 0.3) is 0 Å². The number of piperidine rings is 1. The molecule has 0 bridgehead atoms. The lowest BCUT2D eigenvalue weighted by atomic mass is 9.88. The van der Waals surface area contributed by atoms with E-state index >= 15 is 0 Å². The SMILES string of the molecule is CC1(C(=O)O)CCCCN1C(=O)CCC1CCCO1. The summed E-state index contributed by atoms with van der Waals surface area (Å²) < 4.78 is 5.50. The summed E-state index contributed by atoms with van der Waals surface area (Å²) >= 11 is 0. The van der Waals surface area contributed by atoms with Crippen LogP contribution in [0.15, 0.2) is 0 Å². The molecule has 2 heterocycles. The fourth-order valence-electron chi connectivity index (χ4n) is 3.03. The van der Waals surface area contributed by atoms with Crippen molar-refractivity contribution in [1.29, 1.82) is 0 Å². The van der Waals surface area contributed by atoms with E-state index in [9.17, 15) is 14.7 Å². The Bertz CT molecular complexity index is 351. The number of amides is 1. The van der Waals surface area contributed by atoms with Gasteiger partial charge >= 0.3 is 5.97 Å². The molecule has 0 aromatic rings. The predicted octanol–water partition coefficient (Wildman–Crippen LogP) is 1.80. The molecule has 108 valence electrons. The quantitative estimate of drug-likeness (QED) is 0.845. The van der Waals surface area contributed by atoms with Gasteiger partial charge in [-0.15, -0.1) is 0 Å². The molecular weight excluding hydrogens is 246 g/mol. The van der Waals surface area contributed by atoms with Crippen LogP contribution in [0.1, 0.15) is 51.9 Å². The molecule has 2 rings (SSSR count). The molecule has 5 heteroatoms. The van der Waals surface area contributed by atoms with Gasteiger partial charge in [0.05, 0.1) is 6.10 Å². The van der Waals surface area contributed by atoms with E-state index < -0.39 is 11.5 Å². The van der Waals surface area contributed by atoms with Crippen molar-refractivity contribution in [3.8, 4) is 0 Å². The molecule has 2 aliphatic rings. The van der Waals surface area contributed by atoms with Crippen molar-refractivity contribution in [2.75, 3.05) is 13.2 Å². The third-order valence-corrected chi connectivity index (χ3v) is 4.36. The van der Waals surface area contributed by atoms with Crippen LogP contribution in [0.5, 0.6) is 0 Å². The monoisotopic (exact) mass is 269 g/mol. The van der Waals surface area contributed by atoms with Gasteiger partial charge in [0, 0.05) is 19.6 Å². The van der Waals surface area contributed by atoms with E-state index in [0.29, 0.717) is 25.8 Å². The zero-order valence-corrected chi connectivity index (χ0v) is 11.6. The molecule has 2 aliphatic heterocycles. The highest BCUT2D eigenvalue weighted by atomic mass is 16.5. The average Bonchev–Trinajstić information content (AvgIpc) is 2.89. The molecule has 5 nitrogen and oxygen atoms in total. The lowest BCUT2D eigenvalue weighted by Gasteiger charge is -2.41. The third-order valence-electron chi connectivity index (χ3n) is 4.36. The Kier molecular flexibility index (Phi) is 4.45. The number of carboxylic acids is 1. The smallest absolute Gasteiger partial charge is 0.329 e. The lowest BCUT2D eigenvalue weighted by Crippen LogP contribution is -2.57. The summed E-state index contributed by atoms with van der Waals surface area (Å²) in [6.45, 7) is 3.01. The molecule has 2 saturated heterocycles. The first-order chi connectivity index (χ1) is 9.04. The van der Waals surface area contributed by atoms with Crippen molar-refractivity contribution in [2.24, 2.45) is 0 Å². The minimum absolute atomic E-state index is 0.0416. The van der Waals surface area contributed by atoms with Crippen LogP contribution in [-0.4, -0.2) is 46.7 Å². The fraction of sp³-hybridized carbons (Fsp3) is 0.857. The van der Waals surface area contributed by atoms with Gasteiger partial charge in [0.2, 0.25) is 5.91 Å². The summed E-state index contributed by atoms with van der Waals surface area (Å²) in [5, 5.41) is 9.38. The Morgan fingerprint density at radius 3 is 2.79 bits per heavy atom. The molecule has 0 spiro atoms. The van der Waals surface area contributed by atoms with Crippen LogP contribution in [0.3, 0.4) is 0 Å². The van der Waals surface area contributed by atoms with Gasteiger partial charge < -0.3 is 14.7 Å². The Hall–Kier alpha value is -1.10. The second-order valence-corrected chi connectivity index (χ2v) is 5.76. The average molecular weight is 269 g/mol. The summed E-state index contributed by atoms with van der Waals surface area (Å²) in [6.07, 6.45) is 5.70.